The van der Waals surface area contributed by atoms with Crippen LogP contribution in [-0.2, 0) is 4.79 Å². The largest absolute Gasteiger partial charge is 0.307 e. The molecule has 0 bridgehead atoms. The van der Waals surface area contributed by atoms with Crippen molar-refractivity contribution in [3.63, 3.8) is 0 Å². The van der Waals surface area contributed by atoms with Gasteiger partial charge in [0.2, 0.25) is 5.91 Å². The number of amides is 1. The minimum atomic E-state index is 0.0571. The van der Waals surface area contributed by atoms with Crippen LogP contribution in [0, 0.1) is 0 Å². The van der Waals surface area contributed by atoms with Crippen molar-refractivity contribution in [1.29, 1.82) is 0 Å². The lowest BCUT2D eigenvalue weighted by molar-refractivity contribution is -0.959. The Balaban J connectivity index is 2.08. The van der Waals surface area contributed by atoms with Gasteiger partial charge in [0.05, 0.1) is 12.8 Å². The Morgan fingerprint density at radius 2 is 1.62 bits per heavy atom. The zero-order valence-electron chi connectivity index (χ0n) is 19.8. The third-order valence-electron chi connectivity index (χ3n) is 6.54. The molecule has 1 rings (SSSR count). The topological polar surface area (TPSA) is 41.5 Å². The van der Waals surface area contributed by atoms with Crippen molar-refractivity contribution < 1.29 is 9.28 Å². The third kappa shape index (κ3) is 9.93. The van der Waals surface area contributed by atoms with Crippen molar-refractivity contribution in [3.8, 4) is 0 Å². The van der Waals surface area contributed by atoms with Crippen LogP contribution in [0.2, 0.25) is 0 Å². The van der Waals surface area contributed by atoms with Gasteiger partial charge in [0.15, 0.2) is 12.3 Å². The van der Waals surface area contributed by atoms with Crippen LogP contribution in [0.5, 0.6) is 0 Å². The van der Waals surface area contributed by atoms with E-state index in [2.05, 4.69) is 44.5 Å². The molecule has 1 N–H and O–H groups in total. The first-order chi connectivity index (χ1) is 14.1. The second kappa shape index (κ2) is 15.6. The number of aliphatic imine (C=N–C) groups is 1. The molecule has 168 valence electrons. The molecule has 29 heavy (non-hydrogen) atoms. The van der Waals surface area contributed by atoms with Crippen molar-refractivity contribution in [2.45, 2.75) is 123 Å². The highest BCUT2D eigenvalue weighted by atomic mass is 16.1. The van der Waals surface area contributed by atoms with Gasteiger partial charge in [-0.3, -0.25) is 9.28 Å². The summed E-state index contributed by atoms with van der Waals surface area (Å²) in [5.41, 5.74) is 0. The third-order valence-corrected chi connectivity index (χ3v) is 6.54. The number of carbonyl (C=O) groups is 1. The van der Waals surface area contributed by atoms with Gasteiger partial charge in [-0.2, -0.15) is 0 Å². The number of quaternary nitrogens is 1. The van der Waals surface area contributed by atoms with Crippen molar-refractivity contribution in [2.75, 3.05) is 13.1 Å². The molecule has 0 aliphatic carbocycles. The van der Waals surface area contributed by atoms with E-state index < -0.39 is 0 Å². The van der Waals surface area contributed by atoms with E-state index in [4.69, 9.17) is 4.99 Å². The van der Waals surface area contributed by atoms with Gasteiger partial charge in [0.25, 0.3) is 0 Å². The number of unbranched alkanes of at least 4 members (excludes halogenated alkanes) is 10. The fourth-order valence-electron chi connectivity index (χ4n) is 4.57. The van der Waals surface area contributed by atoms with Crippen molar-refractivity contribution in [3.05, 3.63) is 12.2 Å². The van der Waals surface area contributed by atoms with Crippen LogP contribution in [0.4, 0.5) is 0 Å². The molecule has 0 saturated heterocycles. The van der Waals surface area contributed by atoms with Gasteiger partial charge in [-0.15, -0.1) is 0 Å². The van der Waals surface area contributed by atoms with Crippen molar-refractivity contribution in [2.24, 2.45) is 4.99 Å². The van der Waals surface area contributed by atoms with Gasteiger partial charge < -0.3 is 5.32 Å². The fraction of sp³-hybridized carbons (Fsp3) is 0.840. The molecule has 1 heterocycles. The maximum atomic E-state index is 11.5. The van der Waals surface area contributed by atoms with E-state index in [1.165, 1.54) is 77.0 Å². The molecule has 3 unspecified atom stereocenters. The molecular formula is C25H48N3O+. The zero-order valence-corrected chi connectivity index (χ0v) is 19.8. The quantitative estimate of drug-likeness (QED) is 0.170. The summed E-state index contributed by atoms with van der Waals surface area (Å²) in [5.74, 6) is 0.0571. The lowest BCUT2D eigenvalue weighted by Crippen LogP contribution is -2.63. The molecule has 0 saturated carbocycles. The fourth-order valence-corrected chi connectivity index (χ4v) is 4.57. The molecule has 0 aromatic rings. The van der Waals surface area contributed by atoms with Gasteiger partial charge >= 0.3 is 0 Å². The summed E-state index contributed by atoms with van der Waals surface area (Å²) < 4.78 is 0.881. The van der Waals surface area contributed by atoms with Gasteiger partial charge in [0, 0.05) is 20.3 Å². The maximum Gasteiger partial charge on any atom is 0.221 e. The number of carbonyl (C=O) groups excluding carboxylic acids is 1. The molecule has 0 aromatic heterocycles. The number of allylic oxidation sites excluding steroid dienone is 2. The van der Waals surface area contributed by atoms with E-state index >= 15 is 0 Å². The minimum absolute atomic E-state index is 0.0571. The monoisotopic (exact) mass is 406 g/mol. The second-order valence-corrected chi connectivity index (χ2v) is 8.81. The maximum absolute atomic E-state index is 11.5. The molecule has 0 aromatic carbocycles. The van der Waals surface area contributed by atoms with Crippen LogP contribution in [-0.4, -0.2) is 42.0 Å². The molecular weight excluding hydrogens is 358 g/mol. The van der Waals surface area contributed by atoms with Crippen LogP contribution in [0.1, 0.15) is 111 Å². The summed E-state index contributed by atoms with van der Waals surface area (Å²) in [6, 6.07) is 0. The highest BCUT2D eigenvalue weighted by Gasteiger charge is 2.42. The van der Waals surface area contributed by atoms with E-state index in [0.717, 1.165) is 24.0 Å². The van der Waals surface area contributed by atoms with Crippen molar-refractivity contribution >= 4 is 12.1 Å². The Labute approximate surface area is 180 Å². The molecule has 4 heteroatoms. The van der Waals surface area contributed by atoms with Crippen LogP contribution in [0.15, 0.2) is 17.1 Å². The SMILES string of the molecule is CCCC/C=C/CCCCCCCCCCC1N=CC[N+]1(CC)C(C)NC(C)=O. The average Bonchev–Trinajstić information content (AvgIpc) is 3.12. The minimum Gasteiger partial charge on any atom is -0.307 e. The van der Waals surface area contributed by atoms with Gasteiger partial charge in [-0.1, -0.05) is 70.4 Å². The summed E-state index contributed by atoms with van der Waals surface area (Å²) >= 11 is 0. The van der Waals surface area contributed by atoms with Crippen molar-refractivity contribution in [1.82, 2.24) is 5.32 Å². The van der Waals surface area contributed by atoms with Crippen LogP contribution in [0.25, 0.3) is 0 Å². The molecule has 1 aliphatic heterocycles. The zero-order chi connectivity index (χ0) is 21.4. The molecule has 3 atom stereocenters. The first-order valence-electron chi connectivity index (χ1n) is 12.4. The summed E-state index contributed by atoms with van der Waals surface area (Å²) in [4.78, 5) is 16.3. The molecule has 4 nitrogen and oxygen atoms in total. The van der Waals surface area contributed by atoms with E-state index in [-0.39, 0.29) is 12.1 Å². The van der Waals surface area contributed by atoms with Crippen LogP contribution < -0.4 is 5.32 Å². The Morgan fingerprint density at radius 3 is 2.21 bits per heavy atom. The number of hydrogen-bond donors (Lipinski definition) is 1. The summed E-state index contributed by atoms with van der Waals surface area (Å²) in [6.45, 7) is 10.2. The number of hydrogen-bond acceptors (Lipinski definition) is 2. The summed E-state index contributed by atoms with van der Waals surface area (Å²) in [6.07, 6.45) is 24.3. The average molecular weight is 407 g/mol. The molecule has 0 fully saturated rings. The van der Waals surface area contributed by atoms with E-state index in [0.29, 0.717) is 6.17 Å². The first kappa shape index (κ1) is 25.9. The molecule has 0 spiro atoms. The predicted octanol–water partition coefficient (Wildman–Crippen LogP) is 6.36. The Kier molecular flexibility index (Phi) is 14.0. The number of nitrogens with one attached hydrogen (secondary N) is 1. The Hall–Kier alpha value is -1.16. The van der Waals surface area contributed by atoms with E-state index in [1.54, 1.807) is 6.92 Å². The second-order valence-electron chi connectivity index (χ2n) is 8.81. The molecule has 1 amide bonds. The normalized spacial score (nSPS) is 22.4. The summed E-state index contributed by atoms with van der Waals surface area (Å²) in [7, 11) is 0. The molecule has 1 aliphatic rings. The van der Waals surface area contributed by atoms with Crippen LogP contribution in [0.3, 0.4) is 0 Å². The lowest BCUT2D eigenvalue weighted by Gasteiger charge is -2.42. The van der Waals surface area contributed by atoms with Gasteiger partial charge in [0.1, 0.15) is 6.54 Å². The molecule has 0 radical (unpaired) electrons. The smallest absolute Gasteiger partial charge is 0.221 e. The standard InChI is InChI=1S/C25H47N3O/c1-5-7-8-9-10-11-12-13-14-15-16-17-18-19-20-25-26-21-22-28(25,6-2)23(3)27-24(4)29/h9-10,21,23,25H,5-8,11-20,22H2,1-4H3/p+1/b10-9+. The van der Waals surface area contributed by atoms with Gasteiger partial charge in [-0.25, -0.2) is 4.99 Å². The summed E-state index contributed by atoms with van der Waals surface area (Å²) in [5, 5.41) is 3.11. The first-order valence-corrected chi connectivity index (χ1v) is 12.4. The van der Waals surface area contributed by atoms with Crippen LogP contribution >= 0.6 is 0 Å². The Morgan fingerprint density at radius 1 is 1.03 bits per heavy atom. The van der Waals surface area contributed by atoms with E-state index in [9.17, 15) is 4.79 Å². The Bertz CT molecular complexity index is 488. The van der Waals surface area contributed by atoms with E-state index in [1.807, 2.05) is 0 Å². The lowest BCUT2D eigenvalue weighted by atomic mass is 10.0. The number of rotatable bonds is 17. The highest BCUT2D eigenvalue weighted by molar-refractivity contribution is 5.73. The number of nitrogens with zero attached hydrogens (tertiary/aromatic N) is 2. The highest BCUT2D eigenvalue weighted by Crippen LogP contribution is 2.27. The van der Waals surface area contributed by atoms with Gasteiger partial charge in [-0.05, 0) is 32.6 Å². The predicted molar refractivity (Wildman–Crippen MR) is 126 cm³/mol.